The molecule has 1 fully saturated rings. The summed E-state index contributed by atoms with van der Waals surface area (Å²) >= 11 is 0. The van der Waals surface area contributed by atoms with Crippen molar-refractivity contribution in [2.45, 2.75) is 18.5 Å². The number of benzene rings is 2. The molecule has 0 saturated carbocycles. The van der Waals surface area contributed by atoms with E-state index in [9.17, 15) is 9.18 Å². The third-order valence-corrected chi connectivity index (χ3v) is 5.67. The molecule has 0 unspecified atom stereocenters. The van der Waals surface area contributed by atoms with Crippen LogP contribution in [-0.4, -0.2) is 39.8 Å². The minimum Gasteiger partial charge on any atom is -0.360 e. The minimum absolute atomic E-state index is 0.320. The number of likely N-dealkylation sites (tertiary alicyclic amines) is 1. The Bertz CT molecular complexity index is 1100. The molecule has 5 rings (SSSR count). The largest absolute Gasteiger partial charge is 0.360 e. The lowest BCUT2D eigenvalue weighted by molar-refractivity contribution is 0.137. The first kappa shape index (κ1) is 17.1. The molecule has 7 heteroatoms. The summed E-state index contributed by atoms with van der Waals surface area (Å²) in [5.74, 6) is 0.168. The van der Waals surface area contributed by atoms with Crippen molar-refractivity contribution in [1.82, 2.24) is 19.7 Å². The lowest BCUT2D eigenvalue weighted by Crippen LogP contribution is -2.53. The highest BCUT2D eigenvalue weighted by molar-refractivity contribution is 5.77. The molecule has 0 amide bonds. The Morgan fingerprint density at radius 1 is 1.11 bits per heavy atom. The Labute approximate surface area is 161 Å². The topological polar surface area (TPSA) is 63.1 Å². The molecule has 0 radical (unpaired) electrons. The molecule has 1 saturated heterocycles. The fraction of sp³-hybridized carbons (Fsp3) is 0.286. The van der Waals surface area contributed by atoms with E-state index in [1.807, 2.05) is 35.0 Å². The summed E-state index contributed by atoms with van der Waals surface area (Å²) in [6, 6.07) is 13.9. The summed E-state index contributed by atoms with van der Waals surface area (Å²) in [4.78, 5) is 19.5. The van der Waals surface area contributed by atoms with Crippen LogP contribution in [0.25, 0.3) is 22.6 Å². The molecule has 6 nitrogen and oxygen atoms in total. The van der Waals surface area contributed by atoms with Crippen molar-refractivity contribution in [3.05, 3.63) is 64.7 Å². The maximum Gasteiger partial charge on any atom is 0.300 e. The van der Waals surface area contributed by atoms with Gasteiger partial charge in [-0.2, -0.15) is 10.1 Å². The second-order valence-electron chi connectivity index (χ2n) is 7.52. The molecular weight excluding hydrogens is 357 g/mol. The van der Waals surface area contributed by atoms with Crippen LogP contribution >= 0.6 is 0 Å². The zero-order valence-electron chi connectivity index (χ0n) is 15.5. The molecule has 142 valence electrons. The van der Waals surface area contributed by atoms with Gasteiger partial charge in [-0.25, -0.2) is 9.07 Å². The number of halogens is 1. The summed E-state index contributed by atoms with van der Waals surface area (Å²) in [5.41, 5.74) is 1.50. The van der Waals surface area contributed by atoms with Gasteiger partial charge in [-0.1, -0.05) is 30.3 Å². The predicted octanol–water partition coefficient (Wildman–Crippen LogP) is 2.92. The van der Waals surface area contributed by atoms with E-state index < -0.39 is 5.66 Å². The molecule has 0 atom stereocenters. The molecule has 28 heavy (non-hydrogen) atoms. The van der Waals surface area contributed by atoms with Crippen molar-refractivity contribution in [3.8, 4) is 22.6 Å². The number of nitrogens with one attached hydrogen (secondary N) is 1. The van der Waals surface area contributed by atoms with E-state index in [4.69, 9.17) is 5.10 Å². The highest BCUT2D eigenvalue weighted by Gasteiger charge is 2.42. The normalized spacial score (nSPS) is 17.6. The van der Waals surface area contributed by atoms with Crippen molar-refractivity contribution < 1.29 is 4.39 Å². The summed E-state index contributed by atoms with van der Waals surface area (Å²) in [7, 11) is 2.08. The molecular formula is C21H20FN5O. The SMILES string of the molecule is CN1CCC2(CC1)Nc1cc(F)ccc1-c1nc(=O)c(-c3ccccc3)nn12. The number of aromatic nitrogens is 3. The average molecular weight is 377 g/mol. The highest BCUT2D eigenvalue weighted by atomic mass is 19.1. The number of hydrogen-bond acceptors (Lipinski definition) is 5. The molecule has 2 aliphatic heterocycles. The van der Waals surface area contributed by atoms with Crippen LogP contribution in [0.3, 0.4) is 0 Å². The van der Waals surface area contributed by atoms with Gasteiger partial charge < -0.3 is 10.2 Å². The van der Waals surface area contributed by atoms with Gasteiger partial charge >= 0.3 is 0 Å². The first-order chi connectivity index (χ1) is 13.6. The van der Waals surface area contributed by atoms with Crippen molar-refractivity contribution in [2.24, 2.45) is 0 Å². The first-order valence-electron chi connectivity index (χ1n) is 9.40. The lowest BCUT2D eigenvalue weighted by Gasteiger charge is -2.46. The third kappa shape index (κ3) is 2.62. The van der Waals surface area contributed by atoms with Crippen LogP contribution in [0.5, 0.6) is 0 Å². The molecule has 1 aromatic heterocycles. The van der Waals surface area contributed by atoms with Crippen LogP contribution in [0.15, 0.2) is 53.3 Å². The van der Waals surface area contributed by atoms with E-state index in [-0.39, 0.29) is 11.4 Å². The van der Waals surface area contributed by atoms with Gasteiger partial charge in [0.1, 0.15) is 11.5 Å². The minimum atomic E-state index is -0.535. The molecule has 2 aliphatic rings. The van der Waals surface area contributed by atoms with Gasteiger partial charge in [-0.05, 0) is 25.2 Å². The monoisotopic (exact) mass is 377 g/mol. The van der Waals surface area contributed by atoms with Crippen LogP contribution in [0.2, 0.25) is 0 Å². The third-order valence-electron chi connectivity index (χ3n) is 5.67. The Kier molecular flexibility index (Phi) is 3.80. The van der Waals surface area contributed by atoms with Crippen molar-refractivity contribution in [1.29, 1.82) is 0 Å². The number of piperidine rings is 1. The van der Waals surface area contributed by atoms with Gasteiger partial charge in [0.2, 0.25) is 0 Å². The maximum absolute atomic E-state index is 13.9. The number of anilines is 1. The highest BCUT2D eigenvalue weighted by Crippen LogP contribution is 2.41. The summed E-state index contributed by atoms with van der Waals surface area (Å²) < 4.78 is 15.8. The van der Waals surface area contributed by atoms with Gasteiger partial charge in [-0.3, -0.25) is 4.79 Å². The second-order valence-corrected chi connectivity index (χ2v) is 7.52. The van der Waals surface area contributed by atoms with Crippen LogP contribution in [0, 0.1) is 5.82 Å². The van der Waals surface area contributed by atoms with Crippen molar-refractivity contribution in [3.63, 3.8) is 0 Å². The quantitative estimate of drug-likeness (QED) is 0.707. The number of fused-ring (bicyclic) bond motifs is 4. The van der Waals surface area contributed by atoms with Gasteiger partial charge in [0.05, 0.1) is 0 Å². The zero-order valence-corrected chi connectivity index (χ0v) is 15.5. The summed E-state index contributed by atoms with van der Waals surface area (Å²) in [6.45, 7) is 1.73. The fourth-order valence-corrected chi connectivity index (χ4v) is 4.08. The fourth-order valence-electron chi connectivity index (χ4n) is 4.08. The molecule has 0 bridgehead atoms. The molecule has 1 N–H and O–H groups in total. The van der Waals surface area contributed by atoms with Crippen LogP contribution < -0.4 is 10.9 Å². The number of hydrogen-bond donors (Lipinski definition) is 1. The van der Waals surface area contributed by atoms with E-state index in [0.29, 0.717) is 22.8 Å². The molecule has 0 aliphatic carbocycles. The van der Waals surface area contributed by atoms with E-state index >= 15 is 0 Å². The number of rotatable bonds is 1. The van der Waals surface area contributed by atoms with Gasteiger partial charge in [0.15, 0.2) is 11.5 Å². The standard InChI is InChI=1S/C21H20FN5O/c1-26-11-9-21(10-12-26)24-17-13-15(22)7-8-16(17)19-23-20(28)18(25-27(19)21)14-5-3-2-4-6-14/h2-8,13,24H,9-12H2,1H3. The Morgan fingerprint density at radius 3 is 2.61 bits per heavy atom. The van der Waals surface area contributed by atoms with Gasteiger partial charge in [0, 0.05) is 42.7 Å². The van der Waals surface area contributed by atoms with Crippen LogP contribution in [0.4, 0.5) is 10.1 Å². The first-order valence-corrected chi connectivity index (χ1v) is 9.40. The average Bonchev–Trinajstić information content (AvgIpc) is 2.70. The van der Waals surface area contributed by atoms with Gasteiger partial charge in [-0.15, -0.1) is 0 Å². The molecule has 3 aromatic rings. The van der Waals surface area contributed by atoms with E-state index in [2.05, 4.69) is 22.2 Å². The van der Waals surface area contributed by atoms with E-state index in [0.717, 1.165) is 31.5 Å². The Hall–Kier alpha value is -3.06. The Morgan fingerprint density at radius 2 is 1.86 bits per heavy atom. The van der Waals surface area contributed by atoms with Crippen molar-refractivity contribution >= 4 is 5.69 Å². The maximum atomic E-state index is 13.9. The molecule has 3 heterocycles. The lowest BCUT2D eigenvalue weighted by atomic mass is 9.93. The summed E-state index contributed by atoms with van der Waals surface area (Å²) in [6.07, 6.45) is 1.55. The zero-order chi connectivity index (χ0) is 19.3. The van der Waals surface area contributed by atoms with Gasteiger partial charge in [0.25, 0.3) is 5.56 Å². The van der Waals surface area contributed by atoms with E-state index in [1.165, 1.54) is 12.1 Å². The smallest absolute Gasteiger partial charge is 0.300 e. The molecule has 1 spiro atoms. The molecule has 2 aromatic carbocycles. The summed E-state index contributed by atoms with van der Waals surface area (Å²) in [5, 5.41) is 8.29. The van der Waals surface area contributed by atoms with Crippen LogP contribution in [0.1, 0.15) is 12.8 Å². The van der Waals surface area contributed by atoms with Crippen molar-refractivity contribution in [2.75, 3.05) is 25.5 Å². The number of nitrogens with zero attached hydrogens (tertiary/aromatic N) is 4. The Balaban J connectivity index is 1.76. The van der Waals surface area contributed by atoms with E-state index in [1.54, 1.807) is 6.07 Å². The predicted molar refractivity (Wildman–Crippen MR) is 105 cm³/mol. The van der Waals surface area contributed by atoms with Crippen LogP contribution in [-0.2, 0) is 5.66 Å². The second kappa shape index (κ2) is 6.24.